The fourth-order valence-corrected chi connectivity index (χ4v) is 2.38. The molecule has 0 saturated carbocycles. The summed E-state index contributed by atoms with van der Waals surface area (Å²) in [5.74, 6) is 1.88. The molecule has 100 valence electrons. The molecular weight excluding hydrogens is 252 g/mol. The van der Waals surface area contributed by atoms with E-state index in [9.17, 15) is 0 Å². The number of anilines is 1. The van der Waals surface area contributed by atoms with Crippen LogP contribution < -0.4 is 10.1 Å². The van der Waals surface area contributed by atoms with Crippen LogP contribution in [-0.4, -0.2) is 48.7 Å². The van der Waals surface area contributed by atoms with E-state index in [1.54, 1.807) is 7.11 Å². The van der Waals surface area contributed by atoms with E-state index in [-0.39, 0.29) is 0 Å². The van der Waals surface area contributed by atoms with Gasteiger partial charge in [0.15, 0.2) is 16.7 Å². The van der Waals surface area contributed by atoms with E-state index in [2.05, 4.69) is 27.2 Å². The zero-order valence-corrected chi connectivity index (χ0v) is 11.6. The number of hydrogen-bond acceptors (Lipinski definition) is 5. The van der Waals surface area contributed by atoms with Gasteiger partial charge in [-0.2, -0.15) is 0 Å². The van der Waals surface area contributed by atoms with E-state index in [4.69, 9.17) is 16.3 Å². The monoisotopic (exact) mass is 270 g/mol. The zero-order chi connectivity index (χ0) is 13.0. The number of hydrogen-bond donors (Lipinski definition) is 1. The molecule has 2 heterocycles. The molecule has 1 saturated heterocycles. The van der Waals surface area contributed by atoms with Crippen LogP contribution in [0.4, 0.5) is 5.82 Å². The second-order valence-electron chi connectivity index (χ2n) is 4.67. The standard InChI is InChI=1S/C12H19ClN4O/c1-17-5-3-9(4-6-17)7-14-12-10(18-2)11(13)15-8-16-12/h8-9H,3-7H2,1-2H3,(H,14,15,16). The Balaban J connectivity index is 1.92. The Hall–Kier alpha value is -1.07. The van der Waals surface area contributed by atoms with Crippen molar-refractivity contribution in [1.82, 2.24) is 14.9 Å². The molecule has 0 amide bonds. The molecule has 0 bridgehead atoms. The van der Waals surface area contributed by atoms with Crippen molar-refractivity contribution in [3.05, 3.63) is 11.5 Å². The van der Waals surface area contributed by atoms with Gasteiger partial charge in [-0.25, -0.2) is 9.97 Å². The highest BCUT2D eigenvalue weighted by Gasteiger charge is 2.17. The first-order chi connectivity index (χ1) is 8.70. The van der Waals surface area contributed by atoms with Crippen molar-refractivity contribution in [3.63, 3.8) is 0 Å². The average molecular weight is 271 g/mol. The van der Waals surface area contributed by atoms with Crippen LogP contribution in [0.1, 0.15) is 12.8 Å². The molecule has 0 aromatic carbocycles. The summed E-state index contributed by atoms with van der Waals surface area (Å²) in [7, 11) is 3.74. The van der Waals surface area contributed by atoms with Crippen LogP contribution in [-0.2, 0) is 0 Å². The van der Waals surface area contributed by atoms with Gasteiger partial charge in [-0.3, -0.25) is 0 Å². The summed E-state index contributed by atoms with van der Waals surface area (Å²) < 4.78 is 5.21. The lowest BCUT2D eigenvalue weighted by Crippen LogP contribution is -2.33. The topological polar surface area (TPSA) is 50.3 Å². The minimum Gasteiger partial charge on any atom is -0.490 e. The van der Waals surface area contributed by atoms with Crippen molar-refractivity contribution in [1.29, 1.82) is 0 Å². The summed E-state index contributed by atoms with van der Waals surface area (Å²) in [5.41, 5.74) is 0. The molecule has 1 fully saturated rings. The summed E-state index contributed by atoms with van der Waals surface area (Å²) in [4.78, 5) is 10.4. The van der Waals surface area contributed by atoms with Crippen LogP contribution in [0.2, 0.25) is 5.15 Å². The van der Waals surface area contributed by atoms with Gasteiger partial charge in [-0.05, 0) is 38.9 Å². The SMILES string of the molecule is COc1c(Cl)ncnc1NCC1CCN(C)CC1. The molecule has 0 radical (unpaired) electrons. The fourth-order valence-electron chi connectivity index (χ4n) is 2.17. The molecule has 1 aliphatic rings. The molecule has 5 nitrogen and oxygen atoms in total. The van der Waals surface area contributed by atoms with Gasteiger partial charge in [0.05, 0.1) is 7.11 Å². The smallest absolute Gasteiger partial charge is 0.198 e. The van der Waals surface area contributed by atoms with Gasteiger partial charge in [0, 0.05) is 6.54 Å². The summed E-state index contributed by atoms with van der Waals surface area (Å²) in [5, 5.41) is 3.66. The lowest BCUT2D eigenvalue weighted by molar-refractivity contribution is 0.226. The highest BCUT2D eigenvalue weighted by atomic mass is 35.5. The predicted octanol–water partition coefficient (Wildman–Crippen LogP) is 1.89. The number of ether oxygens (including phenoxy) is 1. The van der Waals surface area contributed by atoms with Crippen LogP contribution in [0.15, 0.2) is 6.33 Å². The van der Waals surface area contributed by atoms with Crippen molar-refractivity contribution in [2.75, 3.05) is 39.1 Å². The largest absolute Gasteiger partial charge is 0.490 e. The maximum absolute atomic E-state index is 5.95. The Labute approximate surface area is 113 Å². The van der Waals surface area contributed by atoms with Gasteiger partial charge in [0.2, 0.25) is 0 Å². The first-order valence-electron chi connectivity index (χ1n) is 6.17. The number of nitrogens with one attached hydrogen (secondary N) is 1. The molecule has 2 rings (SSSR count). The molecular formula is C12H19ClN4O. The van der Waals surface area contributed by atoms with E-state index < -0.39 is 0 Å². The second-order valence-corrected chi connectivity index (χ2v) is 5.03. The molecule has 18 heavy (non-hydrogen) atoms. The minimum atomic E-state index is 0.346. The Morgan fingerprint density at radius 3 is 2.83 bits per heavy atom. The second kappa shape index (κ2) is 6.20. The molecule has 6 heteroatoms. The van der Waals surface area contributed by atoms with Gasteiger partial charge < -0.3 is 15.0 Å². The Morgan fingerprint density at radius 2 is 2.17 bits per heavy atom. The summed E-state index contributed by atoms with van der Waals surface area (Å²) in [6.07, 6.45) is 3.87. The first kappa shape index (κ1) is 13.4. The van der Waals surface area contributed by atoms with Gasteiger partial charge in [-0.15, -0.1) is 0 Å². The van der Waals surface area contributed by atoms with Gasteiger partial charge in [-0.1, -0.05) is 11.6 Å². The third-order valence-corrected chi connectivity index (χ3v) is 3.63. The molecule has 0 unspecified atom stereocenters. The van der Waals surface area contributed by atoms with Crippen molar-refractivity contribution < 1.29 is 4.74 Å². The van der Waals surface area contributed by atoms with Crippen LogP contribution in [0, 0.1) is 5.92 Å². The third kappa shape index (κ3) is 3.23. The number of nitrogens with zero attached hydrogens (tertiary/aromatic N) is 3. The van der Waals surface area contributed by atoms with E-state index in [1.165, 1.54) is 19.2 Å². The van der Waals surface area contributed by atoms with Crippen LogP contribution >= 0.6 is 11.6 Å². The van der Waals surface area contributed by atoms with Gasteiger partial charge in [0.25, 0.3) is 0 Å². The van der Waals surface area contributed by atoms with Crippen molar-refractivity contribution in [2.24, 2.45) is 5.92 Å². The maximum atomic E-state index is 5.95. The Bertz CT molecular complexity index is 394. The third-order valence-electron chi connectivity index (χ3n) is 3.36. The Kier molecular flexibility index (Phi) is 4.60. The van der Waals surface area contributed by atoms with Crippen molar-refractivity contribution >= 4 is 17.4 Å². The van der Waals surface area contributed by atoms with Crippen molar-refractivity contribution in [2.45, 2.75) is 12.8 Å². The number of halogens is 1. The molecule has 0 atom stereocenters. The molecule has 1 aromatic heterocycles. The zero-order valence-electron chi connectivity index (χ0n) is 10.8. The number of rotatable bonds is 4. The average Bonchev–Trinajstić information content (AvgIpc) is 2.38. The van der Waals surface area contributed by atoms with E-state index in [0.29, 0.717) is 22.6 Å². The van der Waals surface area contributed by atoms with Crippen LogP contribution in [0.3, 0.4) is 0 Å². The normalized spacial score (nSPS) is 17.7. The van der Waals surface area contributed by atoms with Crippen LogP contribution in [0.25, 0.3) is 0 Å². The lowest BCUT2D eigenvalue weighted by atomic mass is 9.97. The number of piperidine rings is 1. The first-order valence-corrected chi connectivity index (χ1v) is 6.55. The van der Waals surface area contributed by atoms with Crippen molar-refractivity contribution in [3.8, 4) is 5.75 Å². The summed E-state index contributed by atoms with van der Waals surface area (Å²) in [6.45, 7) is 3.22. The fraction of sp³-hybridized carbons (Fsp3) is 0.667. The highest BCUT2D eigenvalue weighted by molar-refractivity contribution is 6.31. The molecule has 0 aliphatic carbocycles. The predicted molar refractivity (Wildman–Crippen MR) is 72.3 cm³/mol. The Morgan fingerprint density at radius 1 is 1.44 bits per heavy atom. The minimum absolute atomic E-state index is 0.346. The number of aromatic nitrogens is 2. The summed E-state index contributed by atoms with van der Waals surface area (Å²) >= 11 is 5.95. The van der Waals surface area contributed by atoms with Crippen LogP contribution in [0.5, 0.6) is 5.75 Å². The van der Waals surface area contributed by atoms with E-state index in [0.717, 1.165) is 19.6 Å². The molecule has 0 spiro atoms. The van der Waals surface area contributed by atoms with Gasteiger partial charge >= 0.3 is 0 Å². The van der Waals surface area contributed by atoms with E-state index in [1.807, 2.05) is 0 Å². The molecule has 1 aliphatic heterocycles. The van der Waals surface area contributed by atoms with E-state index >= 15 is 0 Å². The number of methoxy groups -OCH3 is 1. The van der Waals surface area contributed by atoms with Gasteiger partial charge in [0.1, 0.15) is 6.33 Å². The quantitative estimate of drug-likeness (QED) is 0.847. The lowest BCUT2D eigenvalue weighted by Gasteiger charge is -2.29. The maximum Gasteiger partial charge on any atom is 0.198 e. The summed E-state index contributed by atoms with van der Waals surface area (Å²) in [6, 6.07) is 0. The molecule has 1 aromatic rings. The number of likely N-dealkylation sites (tertiary alicyclic amines) is 1. The molecule has 1 N–H and O–H groups in total. The highest BCUT2D eigenvalue weighted by Crippen LogP contribution is 2.28.